The zero-order valence-corrected chi connectivity index (χ0v) is 42.9. The summed E-state index contributed by atoms with van der Waals surface area (Å²) in [5.74, 6) is 2.41. The van der Waals surface area contributed by atoms with Crippen LogP contribution < -0.4 is 14.5 Å². The fourth-order valence-electron chi connectivity index (χ4n) is 9.57. The summed E-state index contributed by atoms with van der Waals surface area (Å²) < 4.78 is 9.38. The van der Waals surface area contributed by atoms with Crippen molar-refractivity contribution < 1.29 is 4.74 Å². The molecule has 1 aliphatic rings. The van der Waals surface area contributed by atoms with Gasteiger partial charge in [-0.25, -0.2) is 4.98 Å². The highest BCUT2D eigenvalue weighted by Crippen LogP contribution is 2.44. The molecule has 0 amide bonds. The topological polar surface area (TPSA) is 33.5 Å². The van der Waals surface area contributed by atoms with Crippen LogP contribution in [0.1, 0.15) is 125 Å². The molecule has 0 N–H and O–H groups in total. The third kappa shape index (κ3) is 9.08. The average molecular weight is 899 g/mol. The lowest BCUT2D eigenvalue weighted by Crippen LogP contribution is -2.31. The molecule has 0 bridgehead atoms. The third-order valence-electron chi connectivity index (χ3n) is 14.0. The molecule has 6 aromatic carbocycles. The van der Waals surface area contributed by atoms with E-state index in [0.717, 1.165) is 50.6 Å². The van der Waals surface area contributed by atoms with Crippen molar-refractivity contribution in [3.63, 3.8) is 0 Å². The molecule has 5 nitrogen and oxygen atoms in total. The SMILES string of the molecule is CC(C)(C)C1=CN(c2cc(Oc3ccc4c5cc(C(C)(C)C)ccc5n(-c5cc(C(C)(C)c6ccccc6)ccn5)c4c3)cc(-c3ccccc3)c2)CN1c1cc(C(C)(C)C)cc(C(C)(C)C)c1. The van der Waals surface area contributed by atoms with E-state index in [-0.39, 0.29) is 27.1 Å². The van der Waals surface area contributed by atoms with Gasteiger partial charge in [0.1, 0.15) is 17.3 Å². The zero-order chi connectivity index (χ0) is 48.6. The molecule has 5 heteroatoms. The predicted octanol–water partition coefficient (Wildman–Crippen LogP) is 17.0. The Bertz CT molecular complexity index is 3150. The molecule has 0 unspecified atom stereocenters. The Morgan fingerprint density at radius 2 is 1.09 bits per heavy atom. The van der Waals surface area contributed by atoms with Crippen LogP contribution in [-0.4, -0.2) is 16.2 Å². The summed E-state index contributed by atoms with van der Waals surface area (Å²) in [6, 6.07) is 53.1. The first-order valence-corrected chi connectivity index (χ1v) is 24.4. The summed E-state index contributed by atoms with van der Waals surface area (Å²) in [6.45, 7) is 32.9. The first-order chi connectivity index (χ1) is 31.9. The second kappa shape index (κ2) is 16.9. The Balaban J connectivity index is 1.16. The number of pyridine rings is 1. The van der Waals surface area contributed by atoms with Gasteiger partial charge in [0.25, 0.3) is 0 Å². The van der Waals surface area contributed by atoms with Gasteiger partial charge in [-0.15, -0.1) is 0 Å². The maximum Gasteiger partial charge on any atom is 0.137 e. The van der Waals surface area contributed by atoms with Crippen molar-refractivity contribution in [1.82, 2.24) is 9.55 Å². The van der Waals surface area contributed by atoms with E-state index in [1.54, 1.807) is 0 Å². The summed E-state index contributed by atoms with van der Waals surface area (Å²) in [5, 5.41) is 2.36. The van der Waals surface area contributed by atoms with Gasteiger partial charge in [-0.2, -0.15) is 0 Å². The molecule has 3 heterocycles. The fraction of sp³-hybridized carbons (Fsp3) is 0.317. The third-order valence-corrected chi connectivity index (χ3v) is 14.0. The van der Waals surface area contributed by atoms with Gasteiger partial charge in [0.2, 0.25) is 0 Å². The number of rotatable bonds is 8. The van der Waals surface area contributed by atoms with Gasteiger partial charge in [-0.3, -0.25) is 4.57 Å². The lowest BCUT2D eigenvalue weighted by atomic mass is 9.78. The second-order valence-electron chi connectivity index (χ2n) is 23.6. The van der Waals surface area contributed by atoms with Crippen molar-refractivity contribution in [3.8, 4) is 28.4 Å². The highest BCUT2D eigenvalue weighted by Gasteiger charge is 2.34. The lowest BCUT2D eigenvalue weighted by molar-refractivity contribution is 0.483. The quantitative estimate of drug-likeness (QED) is 0.152. The second-order valence-corrected chi connectivity index (χ2v) is 23.6. The van der Waals surface area contributed by atoms with Crippen LogP contribution in [-0.2, 0) is 21.7 Å². The maximum absolute atomic E-state index is 7.07. The molecule has 0 saturated carbocycles. The average Bonchev–Trinajstić information content (AvgIpc) is 3.89. The van der Waals surface area contributed by atoms with Crippen LogP contribution in [0.25, 0.3) is 38.8 Å². The minimum absolute atomic E-state index is 0.00383. The number of aromatic nitrogens is 2. The normalized spacial score (nSPS) is 14.0. The van der Waals surface area contributed by atoms with Gasteiger partial charge in [0.05, 0.1) is 17.7 Å². The van der Waals surface area contributed by atoms with Crippen molar-refractivity contribution in [1.29, 1.82) is 0 Å². The van der Waals surface area contributed by atoms with Crippen molar-refractivity contribution in [2.24, 2.45) is 5.41 Å². The Morgan fingerprint density at radius 3 is 1.72 bits per heavy atom. The highest BCUT2D eigenvalue weighted by molar-refractivity contribution is 6.09. The molecule has 9 rings (SSSR count). The highest BCUT2D eigenvalue weighted by atomic mass is 16.5. The van der Waals surface area contributed by atoms with Crippen LogP contribution >= 0.6 is 0 Å². The number of hydrogen-bond donors (Lipinski definition) is 0. The molecule has 348 valence electrons. The van der Waals surface area contributed by atoms with Crippen LogP contribution in [0.3, 0.4) is 0 Å². The first-order valence-electron chi connectivity index (χ1n) is 24.4. The number of benzene rings is 6. The maximum atomic E-state index is 7.07. The molecule has 0 radical (unpaired) electrons. The van der Waals surface area contributed by atoms with Crippen molar-refractivity contribution in [2.75, 3.05) is 16.5 Å². The summed E-state index contributed by atoms with van der Waals surface area (Å²) in [5.41, 5.74) is 14.1. The van der Waals surface area contributed by atoms with Gasteiger partial charge >= 0.3 is 0 Å². The van der Waals surface area contributed by atoms with E-state index in [9.17, 15) is 0 Å². The van der Waals surface area contributed by atoms with Crippen LogP contribution in [0.5, 0.6) is 11.5 Å². The Kier molecular flexibility index (Phi) is 11.5. The molecule has 1 aliphatic heterocycles. The van der Waals surface area contributed by atoms with Gasteiger partial charge in [-0.05, 0) is 116 Å². The monoisotopic (exact) mass is 899 g/mol. The molecular weight excluding hydrogens is 829 g/mol. The van der Waals surface area contributed by atoms with Gasteiger partial charge in [0.15, 0.2) is 0 Å². The molecule has 0 atom stereocenters. The van der Waals surface area contributed by atoms with Gasteiger partial charge in [-0.1, -0.05) is 170 Å². The fourth-order valence-corrected chi connectivity index (χ4v) is 9.57. The molecule has 8 aromatic rings. The minimum atomic E-state index is -0.228. The Morgan fingerprint density at radius 1 is 0.441 bits per heavy atom. The molecular formula is C63H70N4O. The molecule has 0 saturated heterocycles. The molecule has 0 spiro atoms. The number of fused-ring (bicyclic) bond motifs is 3. The molecule has 0 fully saturated rings. The number of allylic oxidation sites excluding steroid dienone is 1. The zero-order valence-electron chi connectivity index (χ0n) is 42.9. The van der Waals surface area contributed by atoms with Crippen molar-refractivity contribution in [2.45, 2.75) is 119 Å². The van der Waals surface area contributed by atoms with E-state index < -0.39 is 0 Å². The number of anilines is 2. The van der Waals surface area contributed by atoms with Gasteiger partial charge < -0.3 is 14.5 Å². The summed E-state index contributed by atoms with van der Waals surface area (Å²) >= 11 is 0. The summed E-state index contributed by atoms with van der Waals surface area (Å²) in [7, 11) is 0. The lowest BCUT2D eigenvalue weighted by Gasteiger charge is -2.33. The number of ether oxygens (including phenoxy) is 1. The summed E-state index contributed by atoms with van der Waals surface area (Å²) in [6.07, 6.45) is 4.31. The van der Waals surface area contributed by atoms with Crippen molar-refractivity contribution in [3.05, 3.63) is 192 Å². The Labute approximate surface area is 406 Å². The largest absolute Gasteiger partial charge is 0.457 e. The molecule has 2 aromatic heterocycles. The molecule has 0 aliphatic carbocycles. The van der Waals surface area contributed by atoms with Crippen LogP contribution in [0.4, 0.5) is 11.4 Å². The van der Waals surface area contributed by atoms with Gasteiger partial charge in [0, 0.05) is 63.2 Å². The summed E-state index contributed by atoms with van der Waals surface area (Å²) in [4.78, 5) is 9.98. The van der Waals surface area contributed by atoms with Crippen LogP contribution in [0, 0.1) is 5.41 Å². The van der Waals surface area contributed by atoms with E-state index in [2.05, 4.69) is 263 Å². The predicted molar refractivity (Wildman–Crippen MR) is 289 cm³/mol. The van der Waals surface area contributed by atoms with E-state index >= 15 is 0 Å². The van der Waals surface area contributed by atoms with E-state index in [1.165, 1.54) is 44.6 Å². The van der Waals surface area contributed by atoms with Crippen molar-refractivity contribution >= 4 is 33.2 Å². The molecule has 68 heavy (non-hydrogen) atoms. The standard InChI is InChI=1S/C63H70N4O/c1-59(2,3)45-25-28-55-54(36-45)53-27-26-51(39-56(53)67(55)58-37-46(29-30-64-58)63(13,14)44-23-19-16-20-24-44)68-52-32-43(42-21-17-15-18-22-42)31-49(38-52)65-40-57(62(10,11)12)66(41-65)50-34-47(60(4,5)6)33-48(35-50)61(7,8)9/h15-40H,41H2,1-14H3. The van der Waals surface area contributed by atoms with E-state index in [1.807, 2.05) is 6.20 Å². The first kappa shape index (κ1) is 46.5. The minimum Gasteiger partial charge on any atom is -0.457 e. The van der Waals surface area contributed by atoms with Crippen LogP contribution in [0.2, 0.25) is 0 Å². The number of nitrogens with zero attached hydrogens (tertiary/aromatic N) is 4. The van der Waals surface area contributed by atoms with E-state index in [4.69, 9.17) is 9.72 Å². The smallest absolute Gasteiger partial charge is 0.137 e. The number of hydrogen-bond acceptors (Lipinski definition) is 4. The van der Waals surface area contributed by atoms with E-state index in [0.29, 0.717) is 6.67 Å². The Hall–Kier alpha value is -6.59. The van der Waals surface area contributed by atoms with Crippen LogP contribution in [0.15, 0.2) is 164 Å².